The highest BCUT2D eigenvalue weighted by Crippen LogP contribution is 2.34. The summed E-state index contributed by atoms with van der Waals surface area (Å²) in [6, 6.07) is 1.61. The summed E-state index contributed by atoms with van der Waals surface area (Å²) in [6.07, 6.45) is 6.46. The largest absolute Gasteiger partial charge is 0.311 e. The summed E-state index contributed by atoms with van der Waals surface area (Å²) in [6.45, 7) is 6.08. The molecule has 0 aromatic rings. The van der Waals surface area contributed by atoms with Crippen molar-refractivity contribution in [2.75, 3.05) is 31.6 Å². The molecule has 15 heavy (non-hydrogen) atoms. The molecule has 2 nitrogen and oxygen atoms in total. The molecule has 0 amide bonds. The molecule has 1 saturated heterocycles. The molecule has 1 aliphatic carbocycles. The fraction of sp³-hybridized carbons (Fsp3) is 1.00. The SMILES string of the molecule is CCC(CSC)N1CCNC(C2CC2)C1. The van der Waals surface area contributed by atoms with Gasteiger partial charge in [0.25, 0.3) is 0 Å². The monoisotopic (exact) mass is 228 g/mol. The molecule has 1 aliphatic heterocycles. The van der Waals surface area contributed by atoms with Gasteiger partial charge in [-0.2, -0.15) is 11.8 Å². The fourth-order valence-electron chi connectivity index (χ4n) is 2.62. The lowest BCUT2D eigenvalue weighted by Gasteiger charge is -2.38. The maximum absolute atomic E-state index is 3.68. The fourth-order valence-corrected chi connectivity index (χ4v) is 3.45. The van der Waals surface area contributed by atoms with Crippen molar-refractivity contribution in [1.82, 2.24) is 10.2 Å². The van der Waals surface area contributed by atoms with Crippen molar-refractivity contribution < 1.29 is 0 Å². The van der Waals surface area contributed by atoms with Gasteiger partial charge in [-0.25, -0.2) is 0 Å². The van der Waals surface area contributed by atoms with E-state index in [1.54, 1.807) is 0 Å². The van der Waals surface area contributed by atoms with Crippen LogP contribution in [0.5, 0.6) is 0 Å². The summed E-state index contributed by atoms with van der Waals surface area (Å²) in [5, 5.41) is 3.68. The van der Waals surface area contributed by atoms with Crippen LogP contribution in [0.2, 0.25) is 0 Å². The summed E-state index contributed by atoms with van der Waals surface area (Å²) in [7, 11) is 0. The molecule has 88 valence electrons. The minimum absolute atomic E-state index is 0.801. The molecular weight excluding hydrogens is 204 g/mol. The third kappa shape index (κ3) is 3.11. The average molecular weight is 228 g/mol. The van der Waals surface area contributed by atoms with Crippen LogP contribution in [0.4, 0.5) is 0 Å². The molecule has 1 N–H and O–H groups in total. The Morgan fingerprint density at radius 1 is 1.47 bits per heavy atom. The van der Waals surface area contributed by atoms with Gasteiger partial charge in [0.1, 0.15) is 0 Å². The summed E-state index contributed by atoms with van der Waals surface area (Å²) >= 11 is 1.99. The zero-order chi connectivity index (χ0) is 10.7. The normalized spacial score (nSPS) is 30.4. The molecule has 0 aromatic heterocycles. The van der Waals surface area contributed by atoms with Crippen molar-refractivity contribution >= 4 is 11.8 Å². The third-order valence-corrected chi connectivity index (χ3v) is 4.49. The quantitative estimate of drug-likeness (QED) is 0.772. The second kappa shape index (κ2) is 5.55. The first-order chi connectivity index (χ1) is 7.35. The van der Waals surface area contributed by atoms with Crippen molar-refractivity contribution in [3.63, 3.8) is 0 Å². The molecule has 0 radical (unpaired) electrons. The third-order valence-electron chi connectivity index (χ3n) is 3.77. The molecule has 2 atom stereocenters. The molecule has 1 heterocycles. The second-order valence-corrected chi connectivity index (χ2v) is 5.82. The van der Waals surface area contributed by atoms with E-state index in [1.807, 2.05) is 11.8 Å². The highest BCUT2D eigenvalue weighted by atomic mass is 32.2. The van der Waals surface area contributed by atoms with Crippen molar-refractivity contribution in [3.05, 3.63) is 0 Å². The second-order valence-electron chi connectivity index (χ2n) is 4.91. The summed E-state index contributed by atoms with van der Waals surface area (Å²) < 4.78 is 0. The number of piperazine rings is 1. The maximum atomic E-state index is 3.68. The van der Waals surface area contributed by atoms with E-state index in [9.17, 15) is 0 Å². The van der Waals surface area contributed by atoms with E-state index in [2.05, 4.69) is 23.4 Å². The molecule has 2 unspecified atom stereocenters. The van der Waals surface area contributed by atoms with Crippen molar-refractivity contribution in [2.45, 2.75) is 38.3 Å². The molecule has 2 rings (SSSR count). The van der Waals surface area contributed by atoms with E-state index in [1.165, 1.54) is 44.6 Å². The zero-order valence-electron chi connectivity index (χ0n) is 10.0. The average Bonchev–Trinajstić information content (AvgIpc) is 3.10. The van der Waals surface area contributed by atoms with Crippen LogP contribution in [0.25, 0.3) is 0 Å². The lowest BCUT2D eigenvalue weighted by molar-refractivity contribution is 0.144. The molecule has 2 aliphatic rings. The first kappa shape index (κ1) is 11.7. The van der Waals surface area contributed by atoms with Gasteiger partial charge in [-0.15, -0.1) is 0 Å². The summed E-state index contributed by atoms with van der Waals surface area (Å²) in [5.41, 5.74) is 0. The predicted octanol–water partition coefficient (Wildman–Crippen LogP) is 1.81. The number of thioether (sulfide) groups is 1. The molecule has 1 saturated carbocycles. The highest BCUT2D eigenvalue weighted by molar-refractivity contribution is 7.98. The van der Waals surface area contributed by atoms with Gasteiger partial charge in [0.15, 0.2) is 0 Å². The topological polar surface area (TPSA) is 15.3 Å². The number of hydrogen-bond acceptors (Lipinski definition) is 3. The lowest BCUT2D eigenvalue weighted by atomic mass is 10.1. The van der Waals surface area contributed by atoms with Crippen LogP contribution >= 0.6 is 11.8 Å². The predicted molar refractivity (Wildman–Crippen MR) is 68.5 cm³/mol. The Balaban J connectivity index is 1.84. The van der Waals surface area contributed by atoms with Crippen molar-refractivity contribution in [3.8, 4) is 0 Å². The van der Waals surface area contributed by atoms with Gasteiger partial charge in [-0.3, -0.25) is 4.90 Å². The van der Waals surface area contributed by atoms with Gasteiger partial charge in [-0.1, -0.05) is 6.92 Å². The standard InChI is InChI=1S/C12H24N2S/c1-3-11(9-15-2)14-7-6-13-12(8-14)10-4-5-10/h10-13H,3-9H2,1-2H3. The molecule has 2 fully saturated rings. The first-order valence-corrected chi connectivity index (χ1v) is 7.71. The number of hydrogen-bond donors (Lipinski definition) is 1. The van der Waals surface area contributed by atoms with Gasteiger partial charge in [0.05, 0.1) is 0 Å². The van der Waals surface area contributed by atoms with E-state index >= 15 is 0 Å². The Kier molecular flexibility index (Phi) is 4.35. The van der Waals surface area contributed by atoms with Crippen molar-refractivity contribution in [1.29, 1.82) is 0 Å². The Labute approximate surface area is 98.2 Å². The smallest absolute Gasteiger partial charge is 0.0223 e. The Bertz CT molecular complexity index is 194. The number of rotatable bonds is 5. The molecule has 0 bridgehead atoms. The van der Waals surface area contributed by atoms with Gasteiger partial charge in [-0.05, 0) is 31.4 Å². The number of nitrogens with zero attached hydrogens (tertiary/aromatic N) is 1. The van der Waals surface area contributed by atoms with Gasteiger partial charge in [0.2, 0.25) is 0 Å². The van der Waals surface area contributed by atoms with E-state index in [0.717, 1.165) is 18.0 Å². The van der Waals surface area contributed by atoms with Gasteiger partial charge < -0.3 is 5.32 Å². The minimum Gasteiger partial charge on any atom is -0.311 e. The van der Waals surface area contributed by atoms with Crippen LogP contribution in [0.15, 0.2) is 0 Å². The van der Waals surface area contributed by atoms with Crippen LogP contribution in [0.3, 0.4) is 0 Å². The summed E-state index contributed by atoms with van der Waals surface area (Å²) in [5.74, 6) is 2.30. The Morgan fingerprint density at radius 2 is 2.27 bits per heavy atom. The molecule has 0 aromatic carbocycles. The van der Waals surface area contributed by atoms with E-state index < -0.39 is 0 Å². The van der Waals surface area contributed by atoms with Crippen LogP contribution in [0, 0.1) is 5.92 Å². The van der Waals surface area contributed by atoms with Crippen LogP contribution in [0.1, 0.15) is 26.2 Å². The zero-order valence-corrected chi connectivity index (χ0v) is 10.9. The van der Waals surface area contributed by atoms with Crippen LogP contribution in [-0.4, -0.2) is 48.6 Å². The van der Waals surface area contributed by atoms with Gasteiger partial charge in [0, 0.05) is 37.5 Å². The van der Waals surface area contributed by atoms with Crippen LogP contribution in [-0.2, 0) is 0 Å². The first-order valence-electron chi connectivity index (χ1n) is 6.31. The molecule has 0 spiro atoms. The minimum atomic E-state index is 0.801. The summed E-state index contributed by atoms with van der Waals surface area (Å²) in [4.78, 5) is 2.72. The Hall–Kier alpha value is 0.270. The van der Waals surface area contributed by atoms with Crippen molar-refractivity contribution in [2.24, 2.45) is 5.92 Å². The lowest BCUT2D eigenvalue weighted by Crippen LogP contribution is -2.55. The van der Waals surface area contributed by atoms with Crippen LogP contribution < -0.4 is 5.32 Å². The van der Waals surface area contributed by atoms with E-state index in [0.29, 0.717) is 0 Å². The van der Waals surface area contributed by atoms with E-state index in [4.69, 9.17) is 0 Å². The molecule has 3 heteroatoms. The number of nitrogens with one attached hydrogen (secondary N) is 1. The highest BCUT2D eigenvalue weighted by Gasteiger charge is 2.35. The maximum Gasteiger partial charge on any atom is 0.0223 e. The molecular formula is C12H24N2S. The van der Waals surface area contributed by atoms with E-state index in [-0.39, 0.29) is 0 Å². The Morgan fingerprint density at radius 3 is 2.87 bits per heavy atom. The van der Waals surface area contributed by atoms with Gasteiger partial charge >= 0.3 is 0 Å².